The van der Waals surface area contributed by atoms with Gasteiger partial charge in [-0.2, -0.15) is 13.2 Å². The van der Waals surface area contributed by atoms with Crippen molar-refractivity contribution in [2.24, 2.45) is 0 Å². The number of aromatic nitrogens is 2. The van der Waals surface area contributed by atoms with Gasteiger partial charge < -0.3 is 4.98 Å². The van der Waals surface area contributed by atoms with Gasteiger partial charge in [0.2, 0.25) is 0 Å². The van der Waals surface area contributed by atoms with Crippen LogP contribution in [0.5, 0.6) is 0 Å². The van der Waals surface area contributed by atoms with Crippen LogP contribution in [0.3, 0.4) is 0 Å². The van der Waals surface area contributed by atoms with Crippen LogP contribution in [0.1, 0.15) is 5.56 Å². The Morgan fingerprint density at radius 2 is 2.00 bits per heavy atom. The van der Waals surface area contributed by atoms with Crippen molar-refractivity contribution in [3.05, 3.63) is 36.0 Å². The molecule has 2 rings (SSSR count). The molecular formula is C10H7F3N2S. The molecular weight excluding hydrogens is 237 g/mol. The predicted octanol–water partition coefficient (Wildman–Crippen LogP) is 3.38. The number of rotatable bonds is 1. The molecule has 0 unspecified atom stereocenters. The van der Waals surface area contributed by atoms with E-state index >= 15 is 0 Å². The van der Waals surface area contributed by atoms with E-state index in [-0.39, 0.29) is 0 Å². The molecule has 1 aromatic carbocycles. The fourth-order valence-electron chi connectivity index (χ4n) is 1.30. The van der Waals surface area contributed by atoms with Crippen LogP contribution >= 0.6 is 12.6 Å². The Bertz CT molecular complexity index is 505. The first-order valence-electron chi connectivity index (χ1n) is 4.38. The predicted molar refractivity (Wildman–Crippen MR) is 56.3 cm³/mol. The fourth-order valence-corrected chi connectivity index (χ4v) is 1.46. The molecule has 0 atom stereocenters. The number of thiol groups is 1. The number of nitrogens with zero attached hydrogens (tertiary/aromatic N) is 1. The lowest BCUT2D eigenvalue weighted by molar-refractivity contribution is -0.137. The van der Waals surface area contributed by atoms with Gasteiger partial charge in [0.15, 0.2) is 0 Å². The van der Waals surface area contributed by atoms with Gasteiger partial charge in [-0.15, -0.1) is 12.6 Å². The number of nitrogens with one attached hydrogen (secondary N) is 1. The lowest BCUT2D eigenvalue weighted by Crippen LogP contribution is -2.04. The lowest BCUT2D eigenvalue weighted by Gasteiger charge is -2.07. The summed E-state index contributed by atoms with van der Waals surface area (Å²) in [6, 6.07) is 4.97. The van der Waals surface area contributed by atoms with E-state index in [0.29, 0.717) is 16.4 Å². The normalized spacial score (nSPS) is 11.8. The molecule has 1 heterocycles. The Morgan fingerprint density at radius 1 is 1.25 bits per heavy atom. The van der Waals surface area contributed by atoms with Crippen LogP contribution in [-0.4, -0.2) is 9.97 Å². The van der Waals surface area contributed by atoms with Crippen LogP contribution in [0.25, 0.3) is 11.4 Å². The molecule has 1 N–H and O–H groups in total. The zero-order chi connectivity index (χ0) is 11.8. The molecule has 16 heavy (non-hydrogen) atoms. The molecule has 0 aliphatic carbocycles. The Balaban J connectivity index is 2.44. The molecule has 0 bridgehead atoms. The van der Waals surface area contributed by atoms with Crippen LogP contribution < -0.4 is 0 Å². The zero-order valence-electron chi connectivity index (χ0n) is 7.92. The summed E-state index contributed by atoms with van der Waals surface area (Å²) < 4.78 is 37.3. The number of imidazole rings is 1. The van der Waals surface area contributed by atoms with Gasteiger partial charge in [0, 0.05) is 5.56 Å². The van der Waals surface area contributed by atoms with Gasteiger partial charge in [-0.05, 0) is 12.1 Å². The molecule has 0 radical (unpaired) electrons. The molecule has 84 valence electrons. The molecule has 0 amide bonds. The third-order valence-corrected chi connectivity index (χ3v) is 2.25. The summed E-state index contributed by atoms with van der Waals surface area (Å²) in [5, 5.41) is 0.507. The van der Waals surface area contributed by atoms with Gasteiger partial charge in [0.1, 0.15) is 5.82 Å². The monoisotopic (exact) mass is 244 g/mol. The molecule has 6 heteroatoms. The maximum absolute atomic E-state index is 12.4. The summed E-state index contributed by atoms with van der Waals surface area (Å²) >= 11 is 4.00. The summed E-state index contributed by atoms with van der Waals surface area (Å²) in [7, 11) is 0. The van der Waals surface area contributed by atoms with Crippen LogP contribution in [-0.2, 0) is 6.18 Å². The maximum Gasteiger partial charge on any atom is 0.416 e. The quantitative estimate of drug-likeness (QED) is 0.740. The first-order chi connectivity index (χ1) is 7.47. The summed E-state index contributed by atoms with van der Waals surface area (Å²) in [6.07, 6.45) is -2.90. The van der Waals surface area contributed by atoms with Crippen LogP contribution in [0.2, 0.25) is 0 Å². The van der Waals surface area contributed by atoms with Crippen molar-refractivity contribution in [3.63, 3.8) is 0 Å². The van der Waals surface area contributed by atoms with E-state index in [4.69, 9.17) is 0 Å². The highest BCUT2D eigenvalue weighted by atomic mass is 32.1. The van der Waals surface area contributed by atoms with E-state index in [9.17, 15) is 13.2 Å². The lowest BCUT2D eigenvalue weighted by atomic mass is 10.1. The topological polar surface area (TPSA) is 28.7 Å². The number of aromatic amines is 1. The first-order valence-corrected chi connectivity index (χ1v) is 4.83. The highest BCUT2D eigenvalue weighted by Gasteiger charge is 2.30. The second kappa shape index (κ2) is 3.86. The summed E-state index contributed by atoms with van der Waals surface area (Å²) in [5.74, 6) is 0.371. The highest BCUT2D eigenvalue weighted by Crippen LogP contribution is 2.31. The van der Waals surface area contributed by atoms with Crippen molar-refractivity contribution in [3.8, 4) is 11.4 Å². The zero-order valence-corrected chi connectivity index (χ0v) is 8.81. The van der Waals surface area contributed by atoms with Crippen molar-refractivity contribution in [1.82, 2.24) is 9.97 Å². The summed E-state index contributed by atoms with van der Waals surface area (Å²) in [4.78, 5) is 6.67. The van der Waals surface area contributed by atoms with Crippen LogP contribution in [0.4, 0.5) is 13.2 Å². The van der Waals surface area contributed by atoms with Crippen LogP contribution in [0, 0.1) is 0 Å². The number of H-pyrrole nitrogens is 1. The van der Waals surface area contributed by atoms with Crippen molar-refractivity contribution >= 4 is 12.6 Å². The third kappa shape index (κ3) is 2.21. The molecule has 1 aromatic heterocycles. The Labute approximate surface area is 94.9 Å². The number of halogens is 3. The second-order valence-corrected chi connectivity index (χ2v) is 3.68. The SMILES string of the molecule is FC(F)(F)c1cccc(-c2ncc(S)[nH]2)c1. The van der Waals surface area contributed by atoms with Gasteiger partial charge in [0.25, 0.3) is 0 Å². The number of hydrogen-bond acceptors (Lipinski definition) is 2. The standard InChI is InChI=1S/C10H7F3N2S/c11-10(12,13)7-3-1-2-6(4-7)9-14-5-8(16)15-9/h1-5,16H,(H,14,15). The van der Waals surface area contributed by atoms with E-state index in [1.807, 2.05) is 0 Å². The average Bonchev–Trinajstić information content (AvgIpc) is 2.64. The molecule has 0 fully saturated rings. The first kappa shape index (κ1) is 11.1. The fraction of sp³-hybridized carbons (Fsp3) is 0.100. The largest absolute Gasteiger partial charge is 0.416 e. The minimum absolute atomic E-state index is 0.371. The minimum Gasteiger partial charge on any atom is -0.333 e. The van der Waals surface area contributed by atoms with Gasteiger partial charge >= 0.3 is 6.18 Å². The van der Waals surface area contributed by atoms with Crippen molar-refractivity contribution in [1.29, 1.82) is 0 Å². The minimum atomic E-state index is -4.34. The molecule has 0 saturated carbocycles. The number of benzene rings is 1. The van der Waals surface area contributed by atoms with Gasteiger partial charge in [-0.1, -0.05) is 12.1 Å². The van der Waals surface area contributed by atoms with Gasteiger partial charge in [-0.25, -0.2) is 4.98 Å². The maximum atomic E-state index is 12.4. The summed E-state index contributed by atoms with van der Waals surface area (Å²) in [5.41, 5.74) is -0.308. The molecule has 2 aromatic rings. The Kier molecular flexibility index (Phi) is 2.67. The third-order valence-electron chi connectivity index (χ3n) is 2.03. The van der Waals surface area contributed by atoms with E-state index in [0.717, 1.165) is 12.1 Å². The van der Waals surface area contributed by atoms with Crippen molar-refractivity contribution in [2.45, 2.75) is 11.2 Å². The van der Waals surface area contributed by atoms with Gasteiger partial charge in [-0.3, -0.25) is 0 Å². The Morgan fingerprint density at radius 3 is 2.56 bits per heavy atom. The van der Waals surface area contributed by atoms with E-state index in [2.05, 4.69) is 22.6 Å². The van der Waals surface area contributed by atoms with Gasteiger partial charge in [0.05, 0.1) is 16.8 Å². The van der Waals surface area contributed by atoms with E-state index in [1.165, 1.54) is 12.3 Å². The molecule has 0 aliphatic heterocycles. The molecule has 0 saturated heterocycles. The average molecular weight is 244 g/mol. The van der Waals surface area contributed by atoms with Crippen molar-refractivity contribution in [2.75, 3.05) is 0 Å². The van der Waals surface area contributed by atoms with Crippen molar-refractivity contribution < 1.29 is 13.2 Å². The summed E-state index contributed by atoms with van der Waals surface area (Å²) in [6.45, 7) is 0. The molecule has 0 spiro atoms. The highest BCUT2D eigenvalue weighted by molar-refractivity contribution is 7.80. The number of alkyl halides is 3. The second-order valence-electron chi connectivity index (χ2n) is 3.20. The van der Waals surface area contributed by atoms with Crippen LogP contribution in [0.15, 0.2) is 35.5 Å². The molecule has 0 aliphatic rings. The van der Waals surface area contributed by atoms with E-state index < -0.39 is 11.7 Å². The molecule has 2 nitrogen and oxygen atoms in total. The van der Waals surface area contributed by atoms with E-state index in [1.54, 1.807) is 6.07 Å². The Hall–Kier alpha value is -1.43. The number of hydrogen-bond donors (Lipinski definition) is 2. The smallest absolute Gasteiger partial charge is 0.333 e.